The lowest BCUT2D eigenvalue weighted by molar-refractivity contribution is 0.0846. The molecule has 0 atom stereocenters. The highest BCUT2D eigenvalue weighted by Crippen LogP contribution is 2.22. The van der Waals surface area contributed by atoms with Crippen molar-refractivity contribution in [1.82, 2.24) is 20.8 Å². The van der Waals surface area contributed by atoms with Crippen LogP contribution in [0.25, 0.3) is 0 Å². The molecule has 1 saturated heterocycles. The minimum absolute atomic E-state index is 0.255. The number of anilines is 1. The summed E-state index contributed by atoms with van der Waals surface area (Å²) in [5, 5.41) is 3.11. The number of rotatable bonds is 6. The summed E-state index contributed by atoms with van der Waals surface area (Å²) in [5.74, 6) is -0.167. The summed E-state index contributed by atoms with van der Waals surface area (Å²) < 4.78 is 11.1. The van der Waals surface area contributed by atoms with Crippen LogP contribution in [0.5, 0.6) is 5.75 Å². The van der Waals surface area contributed by atoms with Gasteiger partial charge in [0.25, 0.3) is 11.8 Å². The lowest BCUT2D eigenvalue weighted by atomic mass is 10.2. The number of nitrogens with one attached hydrogen (secondary N) is 2. The van der Waals surface area contributed by atoms with Gasteiger partial charge in [-0.05, 0) is 26.0 Å². The molecule has 1 fully saturated rings. The van der Waals surface area contributed by atoms with Crippen LogP contribution in [0.2, 0.25) is 0 Å². The Morgan fingerprint density at radius 3 is 2.56 bits per heavy atom. The van der Waals surface area contributed by atoms with E-state index in [9.17, 15) is 9.59 Å². The molecular formula is C21H23N5O4S2. The predicted octanol–water partition coefficient (Wildman–Crippen LogP) is 2.71. The maximum absolute atomic E-state index is 12.5. The van der Waals surface area contributed by atoms with Crippen molar-refractivity contribution in [3.8, 4) is 5.75 Å². The van der Waals surface area contributed by atoms with Crippen LogP contribution in [-0.2, 0) is 11.3 Å². The lowest BCUT2D eigenvalue weighted by Gasteiger charge is -2.25. The van der Waals surface area contributed by atoms with Gasteiger partial charge in [0.05, 0.1) is 18.9 Å². The molecule has 9 nitrogen and oxygen atoms in total. The van der Waals surface area contributed by atoms with E-state index in [1.165, 1.54) is 22.7 Å². The van der Waals surface area contributed by atoms with E-state index in [2.05, 4.69) is 25.7 Å². The number of nitrogens with zero attached hydrogens (tertiary/aromatic N) is 3. The van der Waals surface area contributed by atoms with E-state index in [1.807, 2.05) is 31.2 Å². The Bertz CT molecular complexity index is 1090. The summed E-state index contributed by atoms with van der Waals surface area (Å²) in [4.78, 5) is 36.2. The number of hydrogen-bond donors (Lipinski definition) is 2. The van der Waals surface area contributed by atoms with Gasteiger partial charge in [-0.2, -0.15) is 0 Å². The van der Waals surface area contributed by atoms with Gasteiger partial charge in [0.15, 0.2) is 5.13 Å². The van der Waals surface area contributed by atoms with Crippen molar-refractivity contribution >= 4 is 39.6 Å². The Hall–Kier alpha value is -3.02. The van der Waals surface area contributed by atoms with Gasteiger partial charge in [0.1, 0.15) is 27.9 Å². The van der Waals surface area contributed by atoms with Gasteiger partial charge in [0, 0.05) is 18.5 Å². The zero-order chi connectivity index (χ0) is 22.5. The maximum atomic E-state index is 12.5. The number of aromatic nitrogens is 2. The van der Waals surface area contributed by atoms with Crippen molar-refractivity contribution in [1.29, 1.82) is 0 Å². The van der Waals surface area contributed by atoms with Gasteiger partial charge in [-0.15, -0.1) is 22.7 Å². The summed E-state index contributed by atoms with van der Waals surface area (Å²) in [6.45, 7) is 6.79. The Kier molecular flexibility index (Phi) is 6.98. The molecule has 168 valence electrons. The van der Waals surface area contributed by atoms with Gasteiger partial charge in [-0.3, -0.25) is 20.4 Å². The fourth-order valence-corrected chi connectivity index (χ4v) is 4.74. The Morgan fingerprint density at radius 1 is 1.09 bits per heavy atom. The number of morpholine rings is 1. The molecule has 2 aromatic heterocycles. The second-order valence-corrected chi connectivity index (χ2v) is 9.07. The number of ether oxygens (including phenoxy) is 2. The first kappa shape index (κ1) is 22.2. The number of benzene rings is 1. The average molecular weight is 474 g/mol. The van der Waals surface area contributed by atoms with Gasteiger partial charge in [-0.1, -0.05) is 17.7 Å². The third-order valence-electron chi connectivity index (χ3n) is 4.73. The second kappa shape index (κ2) is 10.1. The molecule has 0 saturated carbocycles. The SMILES string of the molecule is Cc1ccc(OCc2nc(C)c(C(=O)NNC(=O)c3csc(N4CCOCC4)n3)s2)cc1. The van der Waals surface area contributed by atoms with Crippen LogP contribution < -0.4 is 20.5 Å². The molecule has 0 aliphatic carbocycles. The van der Waals surface area contributed by atoms with E-state index in [-0.39, 0.29) is 12.3 Å². The van der Waals surface area contributed by atoms with Crippen molar-refractivity contribution < 1.29 is 19.1 Å². The first-order valence-corrected chi connectivity index (χ1v) is 11.7. The van der Waals surface area contributed by atoms with Crippen LogP contribution >= 0.6 is 22.7 Å². The first-order chi connectivity index (χ1) is 15.5. The number of hydrazine groups is 1. The van der Waals surface area contributed by atoms with E-state index in [1.54, 1.807) is 12.3 Å². The van der Waals surface area contributed by atoms with E-state index in [0.29, 0.717) is 28.8 Å². The van der Waals surface area contributed by atoms with Crippen LogP contribution in [0, 0.1) is 13.8 Å². The van der Waals surface area contributed by atoms with Crippen molar-refractivity contribution in [2.24, 2.45) is 0 Å². The summed E-state index contributed by atoms with van der Waals surface area (Å²) in [5.41, 5.74) is 6.85. The molecule has 1 aliphatic heterocycles. The molecule has 1 aromatic carbocycles. The first-order valence-electron chi connectivity index (χ1n) is 10.0. The van der Waals surface area contributed by atoms with Crippen LogP contribution in [0.4, 0.5) is 5.13 Å². The zero-order valence-electron chi connectivity index (χ0n) is 17.7. The Balaban J connectivity index is 1.30. The number of carbonyl (C=O) groups excluding carboxylic acids is 2. The van der Waals surface area contributed by atoms with Gasteiger partial charge >= 0.3 is 0 Å². The fourth-order valence-electron chi connectivity index (χ4n) is 3.01. The second-order valence-electron chi connectivity index (χ2n) is 7.15. The normalized spacial score (nSPS) is 13.6. The van der Waals surface area contributed by atoms with E-state index in [0.717, 1.165) is 29.5 Å². The third kappa shape index (κ3) is 5.42. The monoisotopic (exact) mass is 473 g/mol. The standard InChI is InChI=1S/C21H23N5O4S2/c1-13-3-5-15(6-4-13)30-11-17-22-14(2)18(32-17)20(28)25-24-19(27)16-12-31-21(23-16)26-7-9-29-10-8-26/h3-6,12H,7-11H2,1-2H3,(H,24,27)(H,25,28). The molecule has 0 bridgehead atoms. The topological polar surface area (TPSA) is 106 Å². The smallest absolute Gasteiger partial charge is 0.289 e. The van der Waals surface area contributed by atoms with E-state index < -0.39 is 11.8 Å². The van der Waals surface area contributed by atoms with Crippen LogP contribution in [0.15, 0.2) is 29.6 Å². The summed E-state index contributed by atoms with van der Waals surface area (Å²) in [7, 11) is 0. The van der Waals surface area contributed by atoms with Crippen LogP contribution in [0.1, 0.15) is 36.4 Å². The van der Waals surface area contributed by atoms with Crippen molar-refractivity contribution in [3.05, 3.63) is 56.5 Å². The van der Waals surface area contributed by atoms with E-state index >= 15 is 0 Å². The molecular weight excluding hydrogens is 450 g/mol. The molecule has 0 spiro atoms. The van der Waals surface area contributed by atoms with Gasteiger partial charge in [0.2, 0.25) is 0 Å². The average Bonchev–Trinajstić information content (AvgIpc) is 3.45. The van der Waals surface area contributed by atoms with Crippen molar-refractivity contribution in [2.45, 2.75) is 20.5 Å². The van der Waals surface area contributed by atoms with Crippen LogP contribution in [-0.4, -0.2) is 48.1 Å². The van der Waals surface area contributed by atoms with Crippen molar-refractivity contribution in [3.63, 3.8) is 0 Å². The Labute approximate surface area is 193 Å². The summed E-state index contributed by atoms with van der Waals surface area (Å²) in [6, 6.07) is 7.72. The molecule has 2 N–H and O–H groups in total. The number of thiazole rings is 2. The van der Waals surface area contributed by atoms with E-state index in [4.69, 9.17) is 9.47 Å². The quantitative estimate of drug-likeness (QED) is 0.530. The highest BCUT2D eigenvalue weighted by Gasteiger charge is 2.20. The molecule has 2 amide bonds. The maximum Gasteiger partial charge on any atom is 0.289 e. The predicted molar refractivity (Wildman–Crippen MR) is 122 cm³/mol. The number of amides is 2. The number of aryl methyl sites for hydroxylation is 2. The number of carbonyl (C=O) groups is 2. The molecule has 3 heterocycles. The van der Waals surface area contributed by atoms with Crippen LogP contribution in [0.3, 0.4) is 0 Å². The highest BCUT2D eigenvalue weighted by molar-refractivity contribution is 7.14. The Morgan fingerprint density at radius 2 is 1.81 bits per heavy atom. The molecule has 4 rings (SSSR count). The minimum Gasteiger partial charge on any atom is -0.486 e. The number of hydrogen-bond acceptors (Lipinski definition) is 9. The van der Waals surface area contributed by atoms with Gasteiger partial charge in [-0.25, -0.2) is 9.97 Å². The molecule has 11 heteroatoms. The van der Waals surface area contributed by atoms with Crippen molar-refractivity contribution in [2.75, 3.05) is 31.2 Å². The minimum atomic E-state index is -0.473. The van der Waals surface area contributed by atoms with Gasteiger partial charge < -0.3 is 14.4 Å². The molecule has 3 aromatic rings. The summed E-state index contributed by atoms with van der Waals surface area (Å²) in [6.07, 6.45) is 0. The zero-order valence-corrected chi connectivity index (χ0v) is 19.3. The largest absolute Gasteiger partial charge is 0.486 e. The molecule has 32 heavy (non-hydrogen) atoms. The fraction of sp³-hybridized carbons (Fsp3) is 0.333. The summed E-state index contributed by atoms with van der Waals surface area (Å²) >= 11 is 2.62. The third-order valence-corrected chi connectivity index (χ3v) is 6.76. The molecule has 0 unspecified atom stereocenters. The molecule has 1 aliphatic rings. The lowest BCUT2D eigenvalue weighted by Crippen LogP contribution is -2.41. The molecule has 0 radical (unpaired) electrons. The highest BCUT2D eigenvalue weighted by atomic mass is 32.1.